The van der Waals surface area contributed by atoms with Gasteiger partial charge in [-0.3, -0.25) is 4.79 Å². The lowest BCUT2D eigenvalue weighted by Gasteiger charge is -2.02. The number of carbonyl (C=O) groups excluding carboxylic acids is 1. The van der Waals surface area contributed by atoms with Crippen molar-refractivity contribution in [1.82, 2.24) is 9.97 Å². The second-order valence-electron chi connectivity index (χ2n) is 3.12. The second-order valence-corrected chi connectivity index (χ2v) is 3.12. The largest absolute Gasteiger partial charge is 0.478 e. The van der Waals surface area contributed by atoms with E-state index in [0.717, 1.165) is 0 Å². The van der Waals surface area contributed by atoms with Gasteiger partial charge in [0.25, 0.3) is 0 Å². The molecule has 0 atom stereocenters. The molecular formula is C11H8N2O3. The molecule has 0 saturated heterocycles. The van der Waals surface area contributed by atoms with Crippen molar-refractivity contribution in [2.24, 2.45) is 0 Å². The summed E-state index contributed by atoms with van der Waals surface area (Å²) in [5.41, 5.74) is 0.105. The first-order valence-electron chi connectivity index (χ1n) is 4.56. The van der Waals surface area contributed by atoms with Crippen molar-refractivity contribution >= 4 is 11.8 Å². The molecule has 2 N–H and O–H groups in total. The molecule has 0 aliphatic rings. The van der Waals surface area contributed by atoms with Crippen LogP contribution in [0.4, 0.5) is 0 Å². The lowest BCUT2D eigenvalue weighted by atomic mass is 10.0. The van der Waals surface area contributed by atoms with Crippen LogP contribution in [0.15, 0.2) is 36.7 Å². The average Bonchev–Trinajstić information content (AvgIpc) is 2.81. The molecule has 5 nitrogen and oxygen atoms in total. The Balaban J connectivity index is 2.49. The number of nitrogens with zero attached hydrogens (tertiary/aromatic N) is 1. The van der Waals surface area contributed by atoms with Crippen molar-refractivity contribution in [3.05, 3.63) is 53.6 Å². The van der Waals surface area contributed by atoms with E-state index >= 15 is 0 Å². The van der Waals surface area contributed by atoms with E-state index in [1.807, 2.05) is 0 Å². The highest BCUT2D eigenvalue weighted by Crippen LogP contribution is 2.12. The number of ketones is 1. The molecule has 1 aromatic heterocycles. The van der Waals surface area contributed by atoms with E-state index in [0.29, 0.717) is 0 Å². The van der Waals surface area contributed by atoms with Gasteiger partial charge in [-0.2, -0.15) is 0 Å². The summed E-state index contributed by atoms with van der Waals surface area (Å²) in [6.07, 6.45) is 2.95. The Morgan fingerprint density at radius 3 is 2.44 bits per heavy atom. The Morgan fingerprint density at radius 1 is 1.19 bits per heavy atom. The smallest absolute Gasteiger partial charge is 0.336 e. The summed E-state index contributed by atoms with van der Waals surface area (Å²) in [7, 11) is 0. The Kier molecular flexibility index (Phi) is 2.51. The highest BCUT2D eigenvalue weighted by Gasteiger charge is 2.18. The molecule has 0 unspecified atom stereocenters. The predicted octanol–water partition coefficient (Wildman–Crippen LogP) is 1.34. The van der Waals surface area contributed by atoms with Gasteiger partial charge >= 0.3 is 5.97 Å². The fourth-order valence-electron chi connectivity index (χ4n) is 1.38. The maximum Gasteiger partial charge on any atom is 0.336 e. The summed E-state index contributed by atoms with van der Waals surface area (Å²) in [6, 6.07) is 6.04. The molecular weight excluding hydrogens is 208 g/mol. The zero-order chi connectivity index (χ0) is 11.5. The molecule has 0 aliphatic carbocycles. The van der Waals surface area contributed by atoms with Gasteiger partial charge in [-0.25, -0.2) is 9.78 Å². The Labute approximate surface area is 90.8 Å². The lowest BCUT2D eigenvalue weighted by Crippen LogP contribution is -2.10. The normalized spacial score (nSPS) is 10.0. The number of carboxylic acids is 1. The first-order chi connectivity index (χ1) is 7.70. The standard InChI is InChI=1S/C11H8N2O3/c14-9(10-12-5-6-13-10)7-3-1-2-4-8(7)11(15)16/h1-6H,(H,12,13)(H,15,16). The first-order valence-corrected chi connectivity index (χ1v) is 4.56. The van der Waals surface area contributed by atoms with Crippen LogP contribution < -0.4 is 0 Å². The van der Waals surface area contributed by atoms with Crippen LogP contribution in [-0.4, -0.2) is 26.8 Å². The molecule has 0 radical (unpaired) electrons. The Bertz CT molecular complexity index is 532. The first kappa shape index (κ1) is 10.1. The van der Waals surface area contributed by atoms with Crippen LogP contribution in [0.2, 0.25) is 0 Å². The van der Waals surface area contributed by atoms with Crippen LogP contribution in [0.1, 0.15) is 26.5 Å². The van der Waals surface area contributed by atoms with E-state index in [1.165, 1.54) is 24.5 Å². The summed E-state index contributed by atoms with van der Waals surface area (Å²) < 4.78 is 0. The van der Waals surface area contributed by atoms with Crippen LogP contribution >= 0.6 is 0 Å². The number of aromatic nitrogens is 2. The van der Waals surface area contributed by atoms with Crippen LogP contribution in [0.5, 0.6) is 0 Å². The maximum atomic E-state index is 11.9. The number of hydrogen-bond acceptors (Lipinski definition) is 3. The number of H-pyrrole nitrogens is 1. The quantitative estimate of drug-likeness (QED) is 0.758. The molecule has 0 bridgehead atoms. The Morgan fingerprint density at radius 2 is 1.88 bits per heavy atom. The fraction of sp³-hybridized carbons (Fsp3) is 0. The van der Waals surface area contributed by atoms with Crippen LogP contribution in [0.25, 0.3) is 0 Å². The topological polar surface area (TPSA) is 83.0 Å². The number of carbonyl (C=O) groups is 2. The molecule has 0 aliphatic heterocycles. The van der Waals surface area contributed by atoms with Crippen molar-refractivity contribution in [3.8, 4) is 0 Å². The minimum absolute atomic E-state index is 0.0242. The molecule has 80 valence electrons. The molecule has 2 rings (SSSR count). The number of imidazole rings is 1. The molecule has 0 fully saturated rings. The molecule has 16 heavy (non-hydrogen) atoms. The van der Waals surface area contributed by atoms with Gasteiger partial charge in [-0.05, 0) is 6.07 Å². The SMILES string of the molecule is O=C(O)c1ccccc1C(=O)c1ncc[nH]1. The second kappa shape index (κ2) is 3.98. The van der Waals surface area contributed by atoms with Gasteiger partial charge in [-0.1, -0.05) is 18.2 Å². The van der Waals surface area contributed by atoms with Crippen molar-refractivity contribution in [2.45, 2.75) is 0 Å². The number of benzene rings is 1. The van der Waals surface area contributed by atoms with E-state index in [1.54, 1.807) is 12.1 Å². The highest BCUT2D eigenvalue weighted by molar-refractivity contribution is 6.12. The average molecular weight is 216 g/mol. The summed E-state index contributed by atoms with van der Waals surface area (Å²) in [5.74, 6) is -1.42. The fourth-order valence-corrected chi connectivity index (χ4v) is 1.38. The van der Waals surface area contributed by atoms with Crippen molar-refractivity contribution < 1.29 is 14.7 Å². The van der Waals surface area contributed by atoms with Crippen molar-refractivity contribution in [3.63, 3.8) is 0 Å². The van der Waals surface area contributed by atoms with E-state index in [2.05, 4.69) is 9.97 Å². The number of carboxylic acid groups (broad SMARTS) is 1. The van der Waals surface area contributed by atoms with Gasteiger partial charge in [0.1, 0.15) is 0 Å². The van der Waals surface area contributed by atoms with E-state index in [-0.39, 0.29) is 17.0 Å². The number of aromatic amines is 1. The monoisotopic (exact) mass is 216 g/mol. The van der Waals surface area contributed by atoms with E-state index in [4.69, 9.17) is 5.11 Å². The number of rotatable bonds is 3. The third-order valence-electron chi connectivity index (χ3n) is 2.12. The Hall–Kier alpha value is -2.43. The third-order valence-corrected chi connectivity index (χ3v) is 2.12. The number of aromatic carboxylic acids is 1. The van der Waals surface area contributed by atoms with Crippen molar-refractivity contribution in [2.75, 3.05) is 0 Å². The van der Waals surface area contributed by atoms with Crippen LogP contribution in [0, 0.1) is 0 Å². The number of hydrogen-bond donors (Lipinski definition) is 2. The predicted molar refractivity (Wildman–Crippen MR) is 55.4 cm³/mol. The highest BCUT2D eigenvalue weighted by atomic mass is 16.4. The van der Waals surface area contributed by atoms with E-state index < -0.39 is 11.8 Å². The molecule has 0 amide bonds. The molecule has 2 aromatic rings. The van der Waals surface area contributed by atoms with Crippen LogP contribution in [0.3, 0.4) is 0 Å². The van der Waals surface area contributed by atoms with Gasteiger partial charge in [0, 0.05) is 18.0 Å². The number of nitrogens with one attached hydrogen (secondary N) is 1. The summed E-state index contributed by atoms with van der Waals surface area (Å²) >= 11 is 0. The van der Waals surface area contributed by atoms with E-state index in [9.17, 15) is 9.59 Å². The zero-order valence-electron chi connectivity index (χ0n) is 8.18. The third kappa shape index (κ3) is 1.70. The molecule has 0 spiro atoms. The van der Waals surface area contributed by atoms with Gasteiger partial charge in [0.15, 0.2) is 5.82 Å². The molecule has 0 saturated carbocycles. The summed E-state index contributed by atoms with van der Waals surface area (Å²) in [4.78, 5) is 29.2. The van der Waals surface area contributed by atoms with Crippen LogP contribution in [-0.2, 0) is 0 Å². The maximum absolute atomic E-state index is 11.9. The summed E-state index contributed by atoms with van der Waals surface area (Å²) in [6.45, 7) is 0. The minimum Gasteiger partial charge on any atom is -0.478 e. The molecule has 1 heterocycles. The van der Waals surface area contributed by atoms with Gasteiger partial charge in [0.2, 0.25) is 5.78 Å². The minimum atomic E-state index is -1.13. The summed E-state index contributed by atoms with van der Waals surface area (Å²) in [5, 5.41) is 8.93. The molecule has 5 heteroatoms. The van der Waals surface area contributed by atoms with Crippen molar-refractivity contribution in [1.29, 1.82) is 0 Å². The van der Waals surface area contributed by atoms with Gasteiger partial charge in [-0.15, -0.1) is 0 Å². The molecule has 1 aromatic carbocycles. The lowest BCUT2D eigenvalue weighted by molar-refractivity contribution is 0.0692. The zero-order valence-corrected chi connectivity index (χ0v) is 8.18. The van der Waals surface area contributed by atoms with Gasteiger partial charge < -0.3 is 10.1 Å². The van der Waals surface area contributed by atoms with Gasteiger partial charge in [0.05, 0.1) is 5.56 Å².